The summed E-state index contributed by atoms with van der Waals surface area (Å²) in [6.07, 6.45) is 0. The summed E-state index contributed by atoms with van der Waals surface area (Å²) < 4.78 is 19.4. The van der Waals surface area contributed by atoms with Gasteiger partial charge in [0, 0.05) is 55.8 Å². The van der Waals surface area contributed by atoms with E-state index in [2.05, 4.69) is 144 Å². The zero-order valence-corrected chi connectivity index (χ0v) is 31.1. The van der Waals surface area contributed by atoms with E-state index in [0.29, 0.717) is 5.89 Å². The zero-order valence-electron chi connectivity index (χ0n) is 31.1. The van der Waals surface area contributed by atoms with Crippen LogP contribution in [0.5, 0.6) is 0 Å². The van der Waals surface area contributed by atoms with Gasteiger partial charge >= 0.3 is 0 Å². The second-order valence-electron chi connectivity index (χ2n) is 14.7. The van der Waals surface area contributed by atoms with Crippen LogP contribution in [0, 0.1) is 0 Å². The van der Waals surface area contributed by atoms with Gasteiger partial charge in [-0.1, -0.05) is 103 Å². The lowest BCUT2D eigenvalue weighted by Gasteiger charge is -2.25. The van der Waals surface area contributed by atoms with E-state index < -0.39 is 0 Å². The minimum Gasteiger partial charge on any atom is -0.456 e. The number of nitrogens with zero attached hydrogens (tertiary/aromatic N) is 2. The van der Waals surface area contributed by atoms with Crippen molar-refractivity contribution >= 4 is 82.8 Å². The number of furan rings is 2. The fourth-order valence-electron chi connectivity index (χ4n) is 8.50. The van der Waals surface area contributed by atoms with Crippen LogP contribution in [0.2, 0.25) is 0 Å². The fourth-order valence-corrected chi connectivity index (χ4v) is 8.50. The third kappa shape index (κ3) is 5.21. The molecule has 0 bridgehead atoms. The molecule has 0 spiro atoms. The molecule has 0 saturated carbocycles. The van der Waals surface area contributed by atoms with Crippen LogP contribution < -0.4 is 4.90 Å². The third-order valence-electron chi connectivity index (χ3n) is 11.3. The first-order valence-electron chi connectivity index (χ1n) is 19.4. The van der Waals surface area contributed by atoms with Gasteiger partial charge in [-0.15, -0.1) is 0 Å². The van der Waals surface area contributed by atoms with Crippen LogP contribution in [0.15, 0.2) is 207 Å². The van der Waals surface area contributed by atoms with E-state index in [0.717, 1.165) is 111 Å². The smallest absolute Gasteiger partial charge is 0.227 e. The molecule has 12 aromatic rings. The molecule has 272 valence electrons. The van der Waals surface area contributed by atoms with E-state index in [-0.39, 0.29) is 0 Å². The van der Waals surface area contributed by atoms with Gasteiger partial charge in [-0.05, 0) is 112 Å². The van der Waals surface area contributed by atoms with Gasteiger partial charge in [0.2, 0.25) is 5.89 Å². The topological polar surface area (TPSA) is 55.6 Å². The summed E-state index contributed by atoms with van der Waals surface area (Å²) in [6, 6.07) is 67.4. The van der Waals surface area contributed by atoms with Gasteiger partial charge in [0.1, 0.15) is 27.8 Å². The third-order valence-corrected chi connectivity index (χ3v) is 11.3. The Morgan fingerprint density at radius 2 is 1.03 bits per heavy atom. The number of rotatable bonds is 6. The first kappa shape index (κ1) is 32.4. The number of oxazole rings is 1. The minimum atomic E-state index is 0.609. The van der Waals surface area contributed by atoms with Gasteiger partial charge in [-0.2, -0.15) is 0 Å². The number of hydrogen-bond donors (Lipinski definition) is 0. The Bertz CT molecular complexity index is 3510. The Labute approximate surface area is 332 Å². The lowest BCUT2D eigenvalue weighted by molar-refractivity contribution is 0.620. The molecule has 0 N–H and O–H groups in total. The Hall–Kier alpha value is -7.89. The van der Waals surface area contributed by atoms with E-state index >= 15 is 0 Å². The van der Waals surface area contributed by atoms with Gasteiger partial charge < -0.3 is 18.2 Å². The molecular weight excluding hydrogens is 713 g/mol. The zero-order chi connectivity index (χ0) is 38.2. The first-order valence-corrected chi connectivity index (χ1v) is 19.4. The number of para-hydroxylation sites is 2. The molecule has 5 nitrogen and oxygen atoms in total. The molecule has 0 aliphatic rings. The summed E-state index contributed by atoms with van der Waals surface area (Å²) in [5.74, 6) is 0.609. The van der Waals surface area contributed by atoms with Gasteiger partial charge in [-0.25, -0.2) is 4.98 Å². The van der Waals surface area contributed by atoms with Gasteiger partial charge in [0.15, 0.2) is 5.58 Å². The molecule has 5 heteroatoms. The van der Waals surface area contributed by atoms with Gasteiger partial charge in [0.05, 0.1) is 0 Å². The van der Waals surface area contributed by atoms with Crippen LogP contribution >= 0.6 is 0 Å². The van der Waals surface area contributed by atoms with Crippen molar-refractivity contribution in [2.45, 2.75) is 0 Å². The van der Waals surface area contributed by atoms with Gasteiger partial charge in [-0.3, -0.25) is 0 Å². The maximum absolute atomic E-state index is 6.76. The van der Waals surface area contributed by atoms with Crippen LogP contribution in [-0.4, -0.2) is 4.98 Å². The summed E-state index contributed by atoms with van der Waals surface area (Å²) in [6.45, 7) is 0. The molecule has 0 aliphatic carbocycles. The Balaban J connectivity index is 0.954. The summed E-state index contributed by atoms with van der Waals surface area (Å²) in [5, 5.41) is 6.70. The van der Waals surface area contributed by atoms with Crippen LogP contribution in [-0.2, 0) is 0 Å². The van der Waals surface area contributed by atoms with Gasteiger partial charge in [0.25, 0.3) is 0 Å². The van der Waals surface area contributed by atoms with Crippen LogP contribution in [0.25, 0.3) is 99.5 Å². The minimum absolute atomic E-state index is 0.609. The molecule has 3 heterocycles. The average Bonchev–Trinajstić information content (AvgIpc) is 4.00. The SMILES string of the molecule is c1ccc(-c2nc3ccc(-c4cc5ccccc5c5c4oc4ccc(-c6ccc(N(c7ccccc7)c7ccc8c(c7)oc7ccccc78)cc6)cc45)cc3o2)cc1. The quantitative estimate of drug-likeness (QED) is 0.170. The Morgan fingerprint density at radius 1 is 0.362 bits per heavy atom. The lowest BCUT2D eigenvalue weighted by Crippen LogP contribution is -2.09. The highest BCUT2D eigenvalue weighted by Gasteiger charge is 2.20. The monoisotopic (exact) mass is 744 g/mol. The van der Waals surface area contributed by atoms with Crippen LogP contribution in [0.1, 0.15) is 0 Å². The molecule has 0 saturated heterocycles. The van der Waals surface area contributed by atoms with Crippen molar-refractivity contribution in [3.63, 3.8) is 0 Å². The van der Waals surface area contributed by atoms with Crippen molar-refractivity contribution < 1.29 is 13.3 Å². The standard InChI is InChI=1S/C53H32N2O3/c1-3-11-34(12-4-1)53-54-46-27-21-37(31-50(46)58-53)44-30-36-13-7-8-16-41(36)51-45-29-35(22-28-48(45)57-52(44)51)33-19-23-39(24-20-33)55(38-14-5-2-6-15-38)40-25-26-43-42-17-9-10-18-47(42)56-49(43)32-40/h1-32H. The van der Waals surface area contributed by atoms with E-state index in [9.17, 15) is 0 Å². The Morgan fingerprint density at radius 3 is 1.90 bits per heavy atom. The van der Waals surface area contributed by atoms with Crippen molar-refractivity contribution in [3.05, 3.63) is 194 Å². The van der Waals surface area contributed by atoms with Crippen molar-refractivity contribution in [2.75, 3.05) is 4.90 Å². The predicted octanol–water partition coefficient (Wildman–Crippen LogP) is 15.3. The molecular formula is C53H32N2O3. The molecule has 9 aromatic carbocycles. The molecule has 58 heavy (non-hydrogen) atoms. The molecule has 0 aliphatic heterocycles. The van der Waals surface area contributed by atoms with E-state index in [4.69, 9.17) is 18.2 Å². The molecule has 12 rings (SSSR count). The number of benzene rings is 9. The van der Waals surface area contributed by atoms with E-state index in [1.165, 1.54) is 0 Å². The summed E-state index contributed by atoms with van der Waals surface area (Å²) in [5.41, 5.74) is 13.4. The second kappa shape index (κ2) is 12.8. The second-order valence-corrected chi connectivity index (χ2v) is 14.7. The molecule has 3 aromatic heterocycles. The fraction of sp³-hybridized carbons (Fsp3) is 0. The first-order chi connectivity index (χ1) is 28.7. The maximum atomic E-state index is 6.76. The molecule has 0 fully saturated rings. The molecule has 0 unspecified atom stereocenters. The predicted molar refractivity (Wildman–Crippen MR) is 237 cm³/mol. The summed E-state index contributed by atoms with van der Waals surface area (Å²) in [4.78, 5) is 7.04. The van der Waals surface area contributed by atoms with Crippen LogP contribution in [0.3, 0.4) is 0 Å². The van der Waals surface area contributed by atoms with Crippen molar-refractivity contribution in [3.8, 4) is 33.7 Å². The number of anilines is 3. The maximum Gasteiger partial charge on any atom is 0.227 e. The summed E-state index contributed by atoms with van der Waals surface area (Å²) >= 11 is 0. The van der Waals surface area contributed by atoms with Crippen molar-refractivity contribution in [1.29, 1.82) is 0 Å². The largest absolute Gasteiger partial charge is 0.456 e. The van der Waals surface area contributed by atoms with E-state index in [1.54, 1.807) is 0 Å². The number of hydrogen-bond acceptors (Lipinski definition) is 5. The molecule has 0 radical (unpaired) electrons. The highest BCUT2D eigenvalue weighted by Crippen LogP contribution is 2.44. The Kier molecular flexibility index (Phi) is 7.16. The van der Waals surface area contributed by atoms with Crippen molar-refractivity contribution in [1.82, 2.24) is 4.98 Å². The molecule has 0 atom stereocenters. The van der Waals surface area contributed by atoms with Crippen LogP contribution in [0.4, 0.5) is 17.1 Å². The number of fused-ring (bicyclic) bond motifs is 9. The molecule has 0 amide bonds. The lowest BCUT2D eigenvalue weighted by atomic mass is 9.95. The summed E-state index contributed by atoms with van der Waals surface area (Å²) in [7, 11) is 0. The van der Waals surface area contributed by atoms with Crippen molar-refractivity contribution in [2.24, 2.45) is 0 Å². The highest BCUT2D eigenvalue weighted by atomic mass is 16.3. The van der Waals surface area contributed by atoms with E-state index in [1.807, 2.05) is 54.6 Å². The normalized spacial score (nSPS) is 11.8. The number of aromatic nitrogens is 1. The average molecular weight is 745 g/mol. The highest BCUT2D eigenvalue weighted by molar-refractivity contribution is 6.23.